The van der Waals surface area contributed by atoms with E-state index >= 15 is 0 Å². The van der Waals surface area contributed by atoms with Gasteiger partial charge in [-0.25, -0.2) is 13.1 Å². The molecule has 1 saturated heterocycles. The number of hydrogen-bond acceptors (Lipinski definition) is 6. The van der Waals surface area contributed by atoms with Crippen LogP contribution in [0, 0.1) is 6.92 Å². The van der Waals surface area contributed by atoms with Gasteiger partial charge in [-0.1, -0.05) is 29.8 Å². The van der Waals surface area contributed by atoms with Crippen molar-refractivity contribution in [3.63, 3.8) is 0 Å². The Morgan fingerprint density at radius 1 is 0.967 bits per heavy atom. The smallest absolute Gasteiger partial charge is 0.240 e. The molecule has 164 valence electrons. The van der Waals surface area contributed by atoms with E-state index in [0.29, 0.717) is 18.0 Å². The summed E-state index contributed by atoms with van der Waals surface area (Å²) in [5, 5.41) is 0. The van der Waals surface area contributed by atoms with Crippen molar-refractivity contribution in [3.05, 3.63) is 53.6 Å². The van der Waals surface area contributed by atoms with Crippen LogP contribution in [-0.4, -0.2) is 72.2 Å². The van der Waals surface area contributed by atoms with E-state index in [1.54, 1.807) is 6.07 Å². The number of sulfonamides is 1. The van der Waals surface area contributed by atoms with Crippen molar-refractivity contribution in [1.29, 1.82) is 0 Å². The highest BCUT2D eigenvalue weighted by Gasteiger charge is 2.26. The molecule has 0 unspecified atom stereocenters. The summed E-state index contributed by atoms with van der Waals surface area (Å²) in [6.45, 7) is 6.06. The maximum atomic E-state index is 13.0. The van der Waals surface area contributed by atoms with E-state index in [1.807, 2.05) is 0 Å². The number of aryl methyl sites for hydroxylation is 1. The van der Waals surface area contributed by atoms with Gasteiger partial charge in [0.05, 0.1) is 19.1 Å². The molecule has 1 fully saturated rings. The fourth-order valence-corrected chi connectivity index (χ4v) is 4.69. The highest BCUT2D eigenvalue weighted by molar-refractivity contribution is 7.89. The molecule has 7 nitrogen and oxygen atoms in total. The average Bonchev–Trinajstić information content (AvgIpc) is 2.75. The summed E-state index contributed by atoms with van der Waals surface area (Å²) in [6.07, 6.45) is 0. The number of nitrogens with zero attached hydrogens (tertiary/aromatic N) is 2. The second-order valence-corrected chi connectivity index (χ2v) is 9.40. The average molecular weight is 434 g/mol. The fourth-order valence-electron chi connectivity index (χ4n) is 3.64. The van der Waals surface area contributed by atoms with Gasteiger partial charge < -0.3 is 14.4 Å². The van der Waals surface area contributed by atoms with E-state index in [4.69, 9.17) is 9.47 Å². The molecular formula is C22H31N3O4S. The Labute approximate surface area is 179 Å². The first-order valence-corrected chi connectivity index (χ1v) is 11.5. The number of piperazine rings is 1. The van der Waals surface area contributed by atoms with Crippen LogP contribution in [0.5, 0.6) is 11.5 Å². The van der Waals surface area contributed by atoms with E-state index in [1.165, 1.54) is 31.9 Å². The van der Waals surface area contributed by atoms with Gasteiger partial charge in [-0.3, -0.25) is 4.90 Å². The zero-order valence-electron chi connectivity index (χ0n) is 18.1. The van der Waals surface area contributed by atoms with Crippen LogP contribution < -0.4 is 14.2 Å². The summed E-state index contributed by atoms with van der Waals surface area (Å²) in [6, 6.07) is 12.9. The van der Waals surface area contributed by atoms with Crippen molar-refractivity contribution in [1.82, 2.24) is 14.5 Å². The first-order chi connectivity index (χ1) is 14.3. The second kappa shape index (κ2) is 9.78. The molecule has 1 N–H and O–H groups in total. The monoisotopic (exact) mass is 433 g/mol. The van der Waals surface area contributed by atoms with Gasteiger partial charge in [-0.05, 0) is 31.7 Å². The third-order valence-corrected chi connectivity index (χ3v) is 6.99. The SMILES string of the molecule is COc1ccc(S(=O)(=O)NC[C@@H](c2ccc(C)cc2)N2CCN(C)CC2)cc1OC. The zero-order chi connectivity index (χ0) is 21.7. The van der Waals surface area contributed by atoms with Gasteiger partial charge in [0.25, 0.3) is 0 Å². The fraction of sp³-hybridized carbons (Fsp3) is 0.455. The highest BCUT2D eigenvalue weighted by atomic mass is 32.2. The van der Waals surface area contributed by atoms with Crippen LogP contribution in [0.15, 0.2) is 47.4 Å². The van der Waals surface area contributed by atoms with Crippen molar-refractivity contribution in [2.75, 3.05) is 54.0 Å². The molecule has 1 heterocycles. The lowest BCUT2D eigenvalue weighted by atomic mass is 10.0. The van der Waals surface area contributed by atoms with Crippen LogP contribution in [0.25, 0.3) is 0 Å². The summed E-state index contributed by atoms with van der Waals surface area (Å²) >= 11 is 0. The predicted molar refractivity (Wildman–Crippen MR) is 118 cm³/mol. The molecule has 1 aliphatic heterocycles. The maximum absolute atomic E-state index is 13.0. The molecule has 0 bridgehead atoms. The Hall–Kier alpha value is -2.13. The number of hydrogen-bond donors (Lipinski definition) is 1. The number of rotatable bonds is 8. The summed E-state index contributed by atoms with van der Waals surface area (Å²) in [4.78, 5) is 4.79. The lowest BCUT2D eigenvalue weighted by Crippen LogP contribution is -2.48. The van der Waals surface area contributed by atoms with Crippen LogP contribution in [-0.2, 0) is 10.0 Å². The minimum absolute atomic E-state index is 0.0331. The molecule has 0 aliphatic carbocycles. The number of ether oxygens (including phenoxy) is 2. The molecular weight excluding hydrogens is 402 g/mol. The minimum Gasteiger partial charge on any atom is -0.493 e. The standard InChI is InChI=1S/C22H31N3O4S/c1-17-5-7-18(8-6-17)20(25-13-11-24(2)12-14-25)16-23-30(26,27)19-9-10-21(28-3)22(15-19)29-4/h5-10,15,20,23H,11-14,16H2,1-4H3/t20-/m0/s1. The quantitative estimate of drug-likeness (QED) is 0.689. The van der Waals surface area contributed by atoms with E-state index < -0.39 is 10.0 Å². The molecule has 3 rings (SSSR count). The first kappa shape index (κ1) is 22.6. The molecule has 0 saturated carbocycles. The van der Waals surface area contributed by atoms with E-state index in [-0.39, 0.29) is 10.9 Å². The Kier molecular flexibility index (Phi) is 7.36. The number of methoxy groups -OCH3 is 2. The predicted octanol–water partition coefficient (Wildman–Crippen LogP) is 2.28. The largest absolute Gasteiger partial charge is 0.493 e. The molecule has 1 atom stereocenters. The van der Waals surface area contributed by atoms with Gasteiger partial charge in [0.15, 0.2) is 11.5 Å². The Morgan fingerprint density at radius 2 is 1.60 bits per heavy atom. The topological polar surface area (TPSA) is 71.1 Å². The molecule has 0 amide bonds. The normalized spacial score (nSPS) is 16.9. The lowest BCUT2D eigenvalue weighted by Gasteiger charge is -2.38. The lowest BCUT2D eigenvalue weighted by molar-refractivity contribution is 0.113. The second-order valence-electron chi connectivity index (χ2n) is 7.63. The van der Waals surface area contributed by atoms with Crippen molar-refractivity contribution >= 4 is 10.0 Å². The van der Waals surface area contributed by atoms with Crippen LogP contribution in [0.3, 0.4) is 0 Å². The molecule has 0 aromatic heterocycles. The zero-order valence-corrected chi connectivity index (χ0v) is 18.9. The Balaban J connectivity index is 1.81. The van der Waals surface area contributed by atoms with Crippen molar-refractivity contribution in [2.45, 2.75) is 17.9 Å². The summed E-state index contributed by atoms with van der Waals surface area (Å²) in [7, 11) is 1.42. The van der Waals surface area contributed by atoms with Crippen molar-refractivity contribution in [3.8, 4) is 11.5 Å². The van der Waals surface area contributed by atoms with Gasteiger partial charge in [0, 0.05) is 44.8 Å². The van der Waals surface area contributed by atoms with Crippen LogP contribution >= 0.6 is 0 Å². The third kappa shape index (κ3) is 5.31. The maximum Gasteiger partial charge on any atom is 0.240 e. The van der Waals surface area contributed by atoms with Gasteiger partial charge in [0.1, 0.15) is 0 Å². The van der Waals surface area contributed by atoms with Crippen molar-refractivity contribution < 1.29 is 17.9 Å². The molecule has 2 aromatic carbocycles. The Morgan fingerprint density at radius 3 is 2.20 bits per heavy atom. The van der Waals surface area contributed by atoms with E-state index in [0.717, 1.165) is 31.7 Å². The molecule has 0 spiro atoms. The van der Waals surface area contributed by atoms with Gasteiger partial charge in [0.2, 0.25) is 10.0 Å². The number of benzene rings is 2. The molecule has 8 heteroatoms. The summed E-state index contributed by atoms with van der Waals surface area (Å²) < 4.78 is 39.2. The summed E-state index contributed by atoms with van der Waals surface area (Å²) in [5.41, 5.74) is 2.29. The van der Waals surface area contributed by atoms with Crippen LogP contribution in [0.1, 0.15) is 17.2 Å². The number of likely N-dealkylation sites (N-methyl/N-ethyl adjacent to an activating group) is 1. The molecule has 2 aromatic rings. The van der Waals surface area contributed by atoms with Crippen molar-refractivity contribution in [2.24, 2.45) is 0 Å². The molecule has 1 aliphatic rings. The highest BCUT2D eigenvalue weighted by Crippen LogP contribution is 2.30. The van der Waals surface area contributed by atoms with Crippen LogP contribution in [0.4, 0.5) is 0 Å². The number of nitrogens with one attached hydrogen (secondary N) is 1. The third-order valence-electron chi connectivity index (χ3n) is 5.57. The van der Waals surface area contributed by atoms with Gasteiger partial charge in [-0.15, -0.1) is 0 Å². The van der Waals surface area contributed by atoms with Gasteiger partial charge in [-0.2, -0.15) is 0 Å². The first-order valence-electron chi connectivity index (χ1n) is 10.0. The molecule has 30 heavy (non-hydrogen) atoms. The Bertz CT molecular complexity index is 939. The summed E-state index contributed by atoms with van der Waals surface area (Å²) in [5.74, 6) is 0.876. The molecule has 0 radical (unpaired) electrons. The minimum atomic E-state index is -3.70. The van der Waals surface area contributed by atoms with E-state index in [9.17, 15) is 8.42 Å². The van der Waals surface area contributed by atoms with E-state index in [2.05, 4.69) is 52.8 Å². The van der Waals surface area contributed by atoms with Crippen LogP contribution in [0.2, 0.25) is 0 Å². The van der Waals surface area contributed by atoms with Gasteiger partial charge >= 0.3 is 0 Å².